The van der Waals surface area contributed by atoms with E-state index < -0.39 is 27.0 Å². The summed E-state index contributed by atoms with van der Waals surface area (Å²) in [7, 11) is -0.989. The molecule has 1 N–H and O–H groups in total. The van der Waals surface area contributed by atoms with Crippen molar-refractivity contribution in [3.05, 3.63) is 40.2 Å². The average molecular weight is 377 g/mol. The molecular formula is C18H19NO6S. The van der Waals surface area contributed by atoms with E-state index in [0.717, 1.165) is 12.8 Å². The second kappa shape index (κ2) is 5.57. The van der Waals surface area contributed by atoms with Crippen molar-refractivity contribution in [2.24, 2.45) is 12.5 Å². The van der Waals surface area contributed by atoms with Gasteiger partial charge in [0.25, 0.3) is 5.56 Å². The molecule has 0 aliphatic heterocycles. The van der Waals surface area contributed by atoms with Gasteiger partial charge in [0.2, 0.25) is 0 Å². The number of carboxylic acids is 1. The molecule has 2 aliphatic rings. The highest BCUT2D eigenvalue weighted by atomic mass is 32.2. The van der Waals surface area contributed by atoms with Crippen LogP contribution in [0.15, 0.2) is 29.1 Å². The van der Waals surface area contributed by atoms with E-state index in [4.69, 9.17) is 4.74 Å². The molecule has 4 rings (SSSR count). The highest BCUT2D eigenvalue weighted by Gasteiger charge is 2.68. The van der Waals surface area contributed by atoms with Gasteiger partial charge in [-0.15, -0.1) is 0 Å². The molecule has 0 radical (unpaired) electrons. The van der Waals surface area contributed by atoms with Crippen molar-refractivity contribution in [1.29, 1.82) is 0 Å². The first-order valence-corrected chi connectivity index (χ1v) is 9.62. The van der Waals surface area contributed by atoms with Crippen LogP contribution in [0.5, 0.6) is 5.75 Å². The van der Waals surface area contributed by atoms with E-state index in [9.17, 15) is 23.1 Å². The number of nitrogens with zero attached hydrogens (tertiary/aromatic N) is 1. The molecule has 1 heterocycles. The van der Waals surface area contributed by atoms with Gasteiger partial charge in [-0.3, -0.25) is 4.79 Å². The van der Waals surface area contributed by atoms with Gasteiger partial charge in [-0.25, -0.2) is 13.2 Å². The zero-order valence-electron chi connectivity index (χ0n) is 14.2. The number of aryl methyl sites for hydroxylation is 1. The molecule has 2 fully saturated rings. The second-order valence-corrected chi connectivity index (χ2v) is 8.65. The van der Waals surface area contributed by atoms with Crippen molar-refractivity contribution in [2.45, 2.75) is 30.4 Å². The summed E-state index contributed by atoms with van der Waals surface area (Å²) in [5, 5.41) is 9.77. The lowest BCUT2D eigenvalue weighted by molar-refractivity contribution is 0.0694. The zero-order chi connectivity index (χ0) is 18.7. The Balaban J connectivity index is 1.71. The van der Waals surface area contributed by atoms with Crippen molar-refractivity contribution in [3.8, 4) is 5.75 Å². The number of aromatic carboxylic acids is 1. The van der Waals surface area contributed by atoms with Crippen LogP contribution in [0.3, 0.4) is 0 Å². The number of hydrogen-bond donors (Lipinski definition) is 2. The van der Waals surface area contributed by atoms with Crippen molar-refractivity contribution in [3.63, 3.8) is 0 Å². The van der Waals surface area contributed by atoms with Gasteiger partial charge in [0.1, 0.15) is 22.0 Å². The largest absolute Gasteiger partial charge is 0.491 e. The molecule has 26 heavy (non-hydrogen) atoms. The van der Waals surface area contributed by atoms with Crippen LogP contribution >= 0.6 is 0 Å². The number of para-hydroxylation sites is 1. The van der Waals surface area contributed by atoms with Gasteiger partial charge in [0, 0.05) is 17.8 Å². The fraction of sp³-hybridized carbons (Fsp3) is 0.444. The van der Waals surface area contributed by atoms with Gasteiger partial charge in [-0.2, -0.15) is 0 Å². The third-order valence-corrected chi connectivity index (χ3v) is 7.47. The number of fused-ring (bicyclic) bond motifs is 1. The van der Waals surface area contributed by atoms with Gasteiger partial charge in [-0.05, 0) is 37.8 Å². The Kier molecular flexibility index (Phi) is 3.66. The zero-order valence-corrected chi connectivity index (χ0v) is 15.1. The predicted molar refractivity (Wildman–Crippen MR) is 95.6 cm³/mol. The lowest BCUT2D eigenvalue weighted by atomic mass is 10.0. The van der Waals surface area contributed by atoms with E-state index in [0.29, 0.717) is 29.5 Å². The Morgan fingerprint density at radius 1 is 1.27 bits per heavy atom. The standard InChI is InChI=1S/C18H19NO6S/c1-19-14-11(9-12(15(19)20)16(21)22)3-2-4-13(14)25-10-17(5-6-17)18(7-8-18)26(23)24/h2-4,9,26H,5-8,10H2,1H3,(H,21,22). The Labute approximate surface area is 151 Å². The van der Waals surface area contributed by atoms with Gasteiger partial charge in [0.15, 0.2) is 0 Å². The maximum absolute atomic E-state index is 12.3. The summed E-state index contributed by atoms with van der Waals surface area (Å²) in [6.45, 7) is 0.282. The molecule has 0 amide bonds. The molecule has 0 bridgehead atoms. The highest BCUT2D eigenvalue weighted by molar-refractivity contribution is 7.74. The molecule has 0 spiro atoms. The predicted octanol–water partition coefficient (Wildman–Crippen LogP) is 1.54. The van der Waals surface area contributed by atoms with Crippen molar-refractivity contribution < 1.29 is 23.1 Å². The minimum Gasteiger partial charge on any atom is -0.491 e. The second-order valence-electron chi connectivity index (χ2n) is 7.28. The van der Waals surface area contributed by atoms with E-state index in [2.05, 4.69) is 0 Å². The van der Waals surface area contributed by atoms with E-state index in [1.165, 1.54) is 17.7 Å². The quantitative estimate of drug-likeness (QED) is 0.741. The number of hydrogen-bond acceptors (Lipinski definition) is 5. The molecule has 0 atom stereocenters. The minimum absolute atomic E-state index is 0.282. The van der Waals surface area contributed by atoms with Gasteiger partial charge in [-0.1, -0.05) is 12.1 Å². The first-order valence-electron chi connectivity index (χ1n) is 8.45. The van der Waals surface area contributed by atoms with E-state index in [1.807, 2.05) is 0 Å². The van der Waals surface area contributed by atoms with Crippen molar-refractivity contribution in [1.82, 2.24) is 4.57 Å². The van der Waals surface area contributed by atoms with Crippen LogP contribution in [-0.2, 0) is 17.8 Å². The highest BCUT2D eigenvalue weighted by Crippen LogP contribution is 2.66. The summed E-state index contributed by atoms with van der Waals surface area (Å²) < 4.78 is 30.0. The van der Waals surface area contributed by atoms with Crippen molar-refractivity contribution in [2.75, 3.05) is 6.61 Å². The molecule has 1 aromatic heterocycles. The summed E-state index contributed by atoms with van der Waals surface area (Å²) >= 11 is 0. The van der Waals surface area contributed by atoms with Crippen LogP contribution in [0.25, 0.3) is 10.9 Å². The maximum Gasteiger partial charge on any atom is 0.341 e. The Morgan fingerprint density at radius 3 is 2.50 bits per heavy atom. The third kappa shape index (κ3) is 2.35. The molecule has 2 aromatic rings. The van der Waals surface area contributed by atoms with Crippen LogP contribution in [0, 0.1) is 5.41 Å². The monoisotopic (exact) mass is 377 g/mol. The summed E-state index contributed by atoms with van der Waals surface area (Å²) in [5.41, 5.74) is -0.723. The summed E-state index contributed by atoms with van der Waals surface area (Å²) in [4.78, 5) is 23.5. The van der Waals surface area contributed by atoms with Gasteiger partial charge < -0.3 is 14.4 Å². The minimum atomic E-state index is -2.50. The normalized spacial score (nSPS) is 19.5. The number of carbonyl (C=O) groups is 1. The Hall–Kier alpha value is -2.35. The number of rotatable bonds is 6. The Bertz CT molecular complexity index is 1050. The summed E-state index contributed by atoms with van der Waals surface area (Å²) in [5.74, 6) is -0.812. The van der Waals surface area contributed by atoms with E-state index in [-0.39, 0.29) is 17.6 Å². The van der Waals surface area contributed by atoms with Crippen LogP contribution in [0.2, 0.25) is 0 Å². The topological polar surface area (TPSA) is 103 Å². The van der Waals surface area contributed by atoms with Crippen molar-refractivity contribution >= 4 is 27.6 Å². The molecule has 2 aliphatic carbocycles. The van der Waals surface area contributed by atoms with E-state index >= 15 is 0 Å². The fourth-order valence-corrected chi connectivity index (χ4v) is 5.07. The van der Waals surface area contributed by atoms with Crippen LogP contribution < -0.4 is 10.3 Å². The maximum atomic E-state index is 12.3. The lowest BCUT2D eigenvalue weighted by Crippen LogP contribution is -2.31. The summed E-state index contributed by atoms with van der Waals surface area (Å²) in [6, 6.07) is 6.51. The molecular weight excluding hydrogens is 358 g/mol. The molecule has 0 saturated heterocycles. The first-order chi connectivity index (χ1) is 12.3. The third-order valence-electron chi connectivity index (χ3n) is 5.85. The van der Waals surface area contributed by atoms with Crippen LogP contribution in [-0.4, -0.2) is 35.4 Å². The molecule has 8 heteroatoms. The number of benzene rings is 1. The molecule has 7 nitrogen and oxygen atoms in total. The molecule has 0 unspecified atom stereocenters. The number of thiol groups is 1. The van der Waals surface area contributed by atoms with Gasteiger partial charge >= 0.3 is 5.97 Å². The fourth-order valence-electron chi connectivity index (χ4n) is 3.92. The number of carboxylic acid groups (broad SMARTS) is 1. The van der Waals surface area contributed by atoms with E-state index in [1.54, 1.807) is 18.2 Å². The first kappa shape index (κ1) is 17.1. The summed E-state index contributed by atoms with van der Waals surface area (Å²) in [6.07, 6.45) is 3.02. The SMILES string of the molecule is Cn1c(=O)c(C(=O)O)cc2cccc(OCC3(C4([SH](=O)=O)CC4)CC3)c21. The van der Waals surface area contributed by atoms with Crippen LogP contribution in [0.4, 0.5) is 0 Å². The average Bonchev–Trinajstić information content (AvgIpc) is 3.49. The molecule has 1 aromatic carbocycles. The van der Waals surface area contributed by atoms with Crippen LogP contribution in [0.1, 0.15) is 36.0 Å². The molecule has 2 saturated carbocycles. The Morgan fingerprint density at radius 2 is 1.96 bits per heavy atom. The number of ether oxygens (including phenoxy) is 1. The lowest BCUT2D eigenvalue weighted by Gasteiger charge is -2.22. The smallest absolute Gasteiger partial charge is 0.341 e. The number of aromatic nitrogens is 1. The van der Waals surface area contributed by atoms with Gasteiger partial charge in [0.05, 0.1) is 16.9 Å². The number of pyridine rings is 1. The molecule has 138 valence electrons.